The van der Waals surface area contributed by atoms with Crippen molar-refractivity contribution in [2.75, 3.05) is 6.54 Å². The van der Waals surface area contributed by atoms with Crippen molar-refractivity contribution in [3.63, 3.8) is 0 Å². The Kier molecular flexibility index (Phi) is 4.14. The quantitative estimate of drug-likeness (QED) is 0.926. The molecule has 1 atom stereocenters. The lowest BCUT2D eigenvalue weighted by atomic mass is 10.1. The fraction of sp³-hybridized carbons (Fsp3) is 0.250. The van der Waals surface area contributed by atoms with E-state index in [-0.39, 0.29) is 16.8 Å². The number of rotatable bonds is 3. The highest BCUT2D eigenvalue weighted by atomic mass is 32.2. The van der Waals surface area contributed by atoms with Gasteiger partial charge in [-0.05, 0) is 49.2 Å². The second-order valence-corrected chi connectivity index (χ2v) is 7.04. The summed E-state index contributed by atoms with van der Waals surface area (Å²) < 4.78 is 22.6. The molecule has 3 rings (SSSR count). The maximum Gasteiger partial charge on any atom is 0.254 e. The highest BCUT2D eigenvalue weighted by molar-refractivity contribution is 7.89. The van der Waals surface area contributed by atoms with Crippen LogP contribution in [-0.2, 0) is 10.0 Å². The molecule has 6 nitrogen and oxygen atoms in total. The molecule has 1 aliphatic rings. The highest BCUT2D eigenvalue weighted by Crippen LogP contribution is 2.31. The van der Waals surface area contributed by atoms with Crippen LogP contribution in [0.4, 0.5) is 0 Å². The first kappa shape index (κ1) is 15.6. The minimum Gasteiger partial charge on any atom is -0.330 e. The van der Waals surface area contributed by atoms with Gasteiger partial charge in [-0.15, -0.1) is 0 Å². The van der Waals surface area contributed by atoms with E-state index in [1.165, 1.54) is 24.3 Å². The molecule has 0 spiro atoms. The molecule has 0 saturated carbocycles. The van der Waals surface area contributed by atoms with Crippen LogP contribution in [-0.4, -0.2) is 30.8 Å². The Bertz CT molecular complexity index is 804. The van der Waals surface area contributed by atoms with E-state index < -0.39 is 10.0 Å². The monoisotopic (exact) mass is 331 g/mol. The number of likely N-dealkylation sites (tertiary alicyclic amines) is 1. The van der Waals surface area contributed by atoms with Gasteiger partial charge in [0.1, 0.15) is 0 Å². The second kappa shape index (κ2) is 6.10. The van der Waals surface area contributed by atoms with Crippen LogP contribution in [0.3, 0.4) is 0 Å². The predicted molar refractivity (Wildman–Crippen MR) is 85.1 cm³/mol. The summed E-state index contributed by atoms with van der Waals surface area (Å²) in [6, 6.07) is 11.3. The average molecular weight is 331 g/mol. The van der Waals surface area contributed by atoms with Crippen LogP contribution in [0.5, 0.6) is 0 Å². The average Bonchev–Trinajstić information content (AvgIpc) is 3.04. The van der Waals surface area contributed by atoms with Crippen LogP contribution in [0.2, 0.25) is 0 Å². The molecule has 7 heteroatoms. The number of carbonyl (C=O) groups excluding carboxylic acids is 1. The van der Waals surface area contributed by atoms with Crippen LogP contribution < -0.4 is 5.14 Å². The number of nitrogens with zero attached hydrogens (tertiary/aromatic N) is 2. The van der Waals surface area contributed by atoms with Crippen LogP contribution in [0.15, 0.2) is 53.6 Å². The van der Waals surface area contributed by atoms with E-state index in [2.05, 4.69) is 4.98 Å². The molecule has 1 amide bonds. The molecule has 0 bridgehead atoms. The summed E-state index contributed by atoms with van der Waals surface area (Å²) in [4.78, 5) is 18.8. The number of aromatic nitrogens is 1. The molecule has 120 valence electrons. The molecular formula is C16H17N3O3S. The normalized spacial score (nSPS) is 18.1. The number of amides is 1. The van der Waals surface area contributed by atoms with Crippen LogP contribution in [0.25, 0.3) is 0 Å². The van der Waals surface area contributed by atoms with Crippen molar-refractivity contribution in [2.45, 2.75) is 23.8 Å². The molecule has 1 aromatic carbocycles. The Morgan fingerprint density at radius 1 is 1.17 bits per heavy atom. The third-order valence-electron chi connectivity index (χ3n) is 3.97. The fourth-order valence-corrected chi connectivity index (χ4v) is 3.36. The molecule has 1 aromatic heterocycles. The van der Waals surface area contributed by atoms with Gasteiger partial charge in [0, 0.05) is 18.3 Å². The van der Waals surface area contributed by atoms with Crippen molar-refractivity contribution in [1.82, 2.24) is 9.88 Å². The molecule has 2 aromatic rings. The summed E-state index contributed by atoms with van der Waals surface area (Å²) in [6.07, 6.45) is 3.51. The first-order chi connectivity index (χ1) is 11.0. The van der Waals surface area contributed by atoms with Gasteiger partial charge >= 0.3 is 0 Å². The number of sulfonamides is 1. The predicted octanol–water partition coefficient (Wildman–Crippen LogP) is 1.71. The van der Waals surface area contributed by atoms with Gasteiger partial charge in [0.25, 0.3) is 5.91 Å². The first-order valence-electron chi connectivity index (χ1n) is 7.31. The largest absolute Gasteiger partial charge is 0.330 e. The van der Waals surface area contributed by atoms with E-state index in [0.717, 1.165) is 18.5 Å². The summed E-state index contributed by atoms with van der Waals surface area (Å²) in [5, 5.41) is 5.07. The summed E-state index contributed by atoms with van der Waals surface area (Å²) in [5.74, 6) is -0.126. The Morgan fingerprint density at radius 3 is 2.52 bits per heavy atom. The third-order valence-corrected chi connectivity index (χ3v) is 4.90. The van der Waals surface area contributed by atoms with Crippen molar-refractivity contribution in [3.8, 4) is 0 Å². The maximum absolute atomic E-state index is 12.7. The molecule has 1 aliphatic heterocycles. The summed E-state index contributed by atoms with van der Waals surface area (Å²) in [6.45, 7) is 0.664. The number of hydrogen-bond donors (Lipinski definition) is 1. The van der Waals surface area contributed by atoms with Crippen molar-refractivity contribution in [2.24, 2.45) is 5.14 Å². The van der Waals surface area contributed by atoms with E-state index >= 15 is 0 Å². The topological polar surface area (TPSA) is 93.4 Å². The molecular weight excluding hydrogens is 314 g/mol. The Balaban J connectivity index is 1.85. The molecule has 23 heavy (non-hydrogen) atoms. The van der Waals surface area contributed by atoms with E-state index in [4.69, 9.17) is 5.14 Å². The van der Waals surface area contributed by atoms with Crippen LogP contribution in [0, 0.1) is 0 Å². The van der Waals surface area contributed by atoms with Gasteiger partial charge in [0.2, 0.25) is 10.0 Å². The lowest BCUT2D eigenvalue weighted by Gasteiger charge is -2.24. The van der Waals surface area contributed by atoms with Gasteiger partial charge in [0.05, 0.1) is 16.6 Å². The zero-order chi connectivity index (χ0) is 16.4. The zero-order valence-corrected chi connectivity index (χ0v) is 13.2. The molecule has 1 fully saturated rings. The lowest BCUT2D eigenvalue weighted by molar-refractivity contribution is 0.0733. The minimum atomic E-state index is -3.75. The number of carbonyl (C=O) groups is 1. The molecule has 1 saturated heterocycles. The summed E-state index contributed by atoms with van der Waals surface area (Å²) in [5.41, 5.74) is 1.32. The standard InChI is InChI=1S/C16H17N3O3S/c17-23(21,22)13-8-6-12(7-9-13)16(20)19-11-3-5-15(19)14-4-1-2-10-18-14/h1-2,4,6-10,15H,3,5,11H2,(H2,17,21,22). The van der Waals surface area contributed by atoms with Gasteiger partial charge in [-0.3, -0.25) is 9.78 Å². The Morgan fingerprint density at radius 2 is 1.91 bits per heavy atom. The highest BCUT2D eigenvalue weighted by Gasteiger charge is 2.31. The summed E-state index contributed by atoms with van der Waals surface area (Å²) in [7, 11) is -3.75. The van der Waals surface area contributed by atoms with Crippen LogP contribution in [0.1, 0.15) is 34.9 Å². The first-order valence-corrected chi connectivity index (χ1v) is 8.86. The van der Waals surface area contributed by atoms with Crippen molar-refractivity contribution < 1.29 is 13.2 Å². The Labute approximate surface area is 135 Å². The molecule has 2 N–H and O–H groups in total. The summed E-state index contributed by atoms with van der Waals surface area (Å²) >= 11 is 0. The number of hydrogen-bond acceptors (Lipinski definition) is 4. The van der Waals surface area contributed by atoms with Gasteiger partial charge < -0.3 is 4.90 Å². The van der Waals surface area contributed by atoms with Gasteiger partial charge in [-0.1, -0.05) is 6.07 Å². The maximum atomic E-state index is 12.7. The second-order valence-electron chi connectivity index (χ2n) is 5.48. The molecule has 0 aliphatic carbocycles. The molecule has 0 radical (unpaired) electrons. The zero-order valence-electron chi connectivity index (χ0n) is 12.4. The molecule has 1 unspecified atom stereocenters. The SMILES string of the molecule is NS(=O)(=O)c1ccc(C(=O)N2CCCC2c2ccccn2)cc1. The fourth-order valence-electron chi connectivity index (χ4n) is 2.84. The Hall–Kier alpha value is -2.25. The lowest BCUT2D eigenvalue weighted by Crippen LogP contribution is -2.31. The van der Waals surface area contributed by atoms with Crippen LogP contribution >= 0.6 is 0 Å². The van der Waals surface area contributed by atoms with Crippen molar-refractivity contribution in [1.29, 1.82) is 0 Å². The number of pyridine rings is 1. The van der Waals surface area contributed by atoms with Gasteiger partial charge in [0.15, 0.2) is 0 Å². The van der Waals surface area contributed by atoms with Gasteiger partial charge in [-0.2, -0.15) is 0 Å². The van der Waals surface area contributed by atoms with E-state index in [0.29, 0.717) is 12.1 Å². The van der Waals surface area contributed by atoms with E-state index in [1.54, 1.807) is 11.1 Å². The number of nitrogens with two attached hydrogens (primary N) is 1. The van der Waals surface area contributed by atoms with Gasteiger partial charge in [-0.25, -0.2) is 13.6 Å². The van der Waals surface area contributed by atoms with Crippen molar-refractivity contribution >= 4 is 15.9 Å². The smallest absolute Gasteiger partial charge is 0.254 e. The van der Waals surface area contributed by atoms with E-state index in [1.807, 2.05) is 18.2 Å². The minimum absolute atomic E-state index is 0.00301. The third kappa shape index (κ3) is 3.25. The van der Waals surface area contributed by atoms with Crippen molar-refractivity contribution in [3.05, 3.63) is 59.9 Å². The number of primary sulfonamides is 1. The number of benzene rings is 1. The van der Waals surface area contributed by atoms with E-state index in [9.17, 15) is 13.2 Å². The molecule has 2 heterocycles.